The van der Waals surface area contributed by atoms with Crippen LogP contribution in [0.1, 0.15) is 29.5 Å². The van der Waals surface area contributed by atoms with E-state index in [1.165, 1.54) is 16.7 Å². The second-order valence-corrected chi connectivity index (χ2v) is 6.88. The third kappa shape index (κ3) is 1.77. The number of aliphatic hydroxyl groups excluding tert-OH is 1. The van der Waals surface area contributed by atoms with Gasteiger partial charge in [-0.2, -0.15) is 0 Å². The molecular formula is C18H23NO3. The first-order chi connectivity index (χ1) is 10.5. The maximum atomic E-state index is 10.0. The summed E-state index contributed by atoms with van der Waals surface area (Å²) in [5.41, 5.74) is 3.79. The van der Waals surface area contributed by atoms with E-state index in [1.807, 2.05) is 6.08 Å². The van der Waals surface area contributed by atoms with Gasteiger partial charge in [0.15, 0.2) is 11.5 Å². The molecule has 2 heterocycles. The summed E-state index contributed by atoms with van der Waals surface area (Å²) in [6, 6.07) is 2.08. The minimum atomic E-state index is -0.415. The molecule has 0 saturated carbocycles. The summed E-state index contributed by atoms with van der Waals surface area (Å²) in [5, 5.41) is 10.0. The fourth-order valence-corrected chi connectivity index (χ4v) is 4.30. The van der Waals surface area contributed by atoms with E-state index in [2.05, 4.69) is 31.0 Å². The van der Waals surface area contributed by atoms with Gasteiger partial charge in [0.05, 0.1) is 18.6 Å². The molecule has 1 aromatic rings. The van der Waals surface area contributed by atoms with Crippen LogP contribution in [0.2, 0.25) is 0 Å². The summed E-state index contributed by atoms with van der Waals surface area (Å²) in [6.45, 7) is 4.11. The van der Waals surface area contributed by atoms with Crippen LogP contribution < -0.4 is 9.47 Å². The lowest BCUT2D eigenvalue weighted by molar-refractivity contribution is 0.0821. The molecule has 0 amide bonds. The maximum Gasteiger partial charge on any atom is 0.166 e. The molecule has 1 spiro atoms. The van der Waals surface area contributed by atoms with Gasteiger partial charge in [-0.15, -0.1) is 0 Å². The molecule has 0 radical (unpaired) electrons. The monoisotopic (exact) mass is 301 g/mol. The topological polar surface area (TPSA) is 41.9 Å². The predicted molar refractivity (Wildman–Crippen MR) is 84.5 cm³/mol. The Kier molecular flexibility index (Phi) is 3.03. The fourth-order valence-electron chi connectivity index (χ4n) is 4.30. The van der Waals surface area contributed by atoms with Crippen LogP contribution in [0.4, 0.5) is 0 Å². The minimum Gasteiger partial charge on any atom is -0.493 e. The smallest absolute Gasteiger partial charge is 0.166 e. The first-order valence-corrected chi connectivity index (χ1v) is 7.99. The highest BCUT2D eigenvalue weighted by Crippen LogP contribution is 2.56. The van der Waals surface area contributed by atoms with Crippen LogP contribution in [0.5, 0.6) is 11.5 Å². The Morgan fingerprint density at radius 3 is 3.05 bits per heavy atom. The normalized spacial score (nSPS) is 32.9. The average Bonchev–Trinajstić information content (AvgIpc) is 2.74. The number of nitrogens with zero attached hydrogens (tertiary/aromatic N) is 1. The van der Waals surface area contributed by atoms with Crippen molar-refractivity contribution in [2.75, 3.05) is 20.7 Å². The largest absolute Gasteiger partial charge is 0.493 e. The summed E-state index contributed by atoms with van der Waals surface area (Å²) in [4.78, 5) is 2.37. The van der Waals surface area contributed by atoms with Crippen molar-refractivity contribution in [2.45, 2.75) is 43.9 Å². The number of methoxy groups -OCH3 is 1. The van der Waals surface area contributed by atoms with E-state index in [4.69, 9.17) is 9.47 Å². The van der Waals surface area contributed by atoms with Crippen molar-refractivity contribution in [2.24, 2.45) is 0 Å². The van der Waals surface area contributed by atoms with Crippen LogP contribution in [0.3, 0.4) is 0 Å². The van der Waals surface area contributed by atoms with Crippen molar-refractivity contribution >= 4 is 0 Å². The zero-order chi connectivity index (χ0) is 15.5. The quantitative estimate of drug-likeness (QED) is 0.807. The Morgan fingerprint density at radius 1 is 1.45 bits per heavy atom. The van der Waals surface area contributed by atoms with E-state index in [0.29, 0.717) is 6.42 Å². The van der Waals surface area contributed by atoms with Crippen molar-refractivity contribution in [1.82, 2.24) is 4.90 Å². The third-order valence-electron chi connectivity index (χ3n) is 5.50. The molecule has 1 aliphatic carbocycles. The van der Waals surface area contributed by atoms with Gasteiger partial charge >= 0.3 is 0 Å². The van der Waals surface area contributed by atoms with Crippen LogP contribution in [0, 0.1) is 6.92 Å². The Hall–Kier alpha value is -1.52. The molecule has 0 fully saturated rings. The van der Waals surface area contributed by atoms with Gasteiger partial charge in [-0.25, -0.2) is 0 Å². The van der Waals surface area contributed by atoms with Gasteiger partial charge in [-0.1, -0.05) is 12.2 Å². The molecule has 3 atom stereocenters. The molecule has 0 aromatic heterocycles. The van der Waals surface area contributed by atoms with Crippen molar-refractivity contribution in [3.05, 3.63) is 34.9 Å². The minimum absolute atomic E-state index is 0.00319. The van der Waals surface area contributed by atoms with Gasteiger partial charge in [0.25, 0.3) is 0 Å². The van der Waals surface area contributed by atoms with Gasteiger partial charge in [0.1, 0.15) is 6.10 Å². The molecule has 4 nitrogen and oxygen atoms in total. The molecule has 0 bridgehead atoms. The lowest BCUT2D eigenvalue weighted by atomic mass is 9.68. The SMILES string of the molecule is COc1cc(C)c2c3c1O[C@H]1C[C@@H](O)C=C[C@@]31CCN(C)C2. The first kappa shape index (κ1) is 14.1. The molecule has 118 valence electrons. The summed E-state index contributed by atoms with van der Waals surface area (Å²) < 4.78 is 11.9. The van der Waals surface area contributed by atoms with Gasteiger partial charge in [-0.3, -0.25) is 0 Å². The van der Waals surface area contributed by atoms with Crippen LogP contribution in [-0.2, 0) is 12.0 Å². The van der Waals surface area contributed by atoms with Crippen molar-refractivity contribution in [1.29, 1.82) is 0 Å². The first-order valence-electron chi connectivity index (χ1n) is 7.99. The highest BCUT2D eigenvalue weighted by molar-refractivity contribution is 5.63. The molecule has 2 aliphatic heterocycles. The van der Waals surface area contributed by atoms with Gasteiger partial charge < -0.3 is 19.5 Å². The van der Waals surface area contributed by atoms with E-state index in [-0.39, 0.29) is 11.5 Å². The van der Waals surface area contributed by atoms with Crippen molar-refractivity contribution in [3.8, 4) is 11.5 Å². The van der Waals surface area contributed by atoms with Gasteiger partial charge in [0, 0.05) is 18.5 Å². The lowest BCUT2D eigenvalue weighted by Gasteiger charge is -2.35. The molecular weight excluding hydrogens is 278 g/mol. The predicted octanol–water partition coefficient (Wildman–Crippen LogP) is 2.16. The van der Waals surface area contributed by atoms with Gasteiger partial charge in [0.2, 0.25) is 0 Å². The lowest BCUT2D eigenvalue weighted by Crippen LogP contribution is -2.42. The maximum absolute atomic E-state index is 10.0. The van der Waals surface area contributed by atoms with Crippen molar-refractivity contribution in [3.63, 3.8) is 0 Å². The van der Waals surface area contributed by atoms with E-state index in [1.54, 1.807) is 7.11 Å². The summed E-state index contributed by atoms with van der Waals surface area (Å²) >= 11 is 0. The second kappa shape index (κ2) is 4.74. The standard InChI is InChI=1S/C18H23NO3/c1-11-8-14(21-3)17-16-13(11)10-19(2)7-6-18(16)5-4-12(20)9-15(18)22-17/h4-5,8,12,15,20H,6-7,9-10H2,1-3H3/t12-,15-,18-/m0/s1. The van der Waals surface area contributed by atoms with Gasteiger partial charge in [-0.05, 0) is 44.1 Å². The molecule has 1 aromatic carbocycles. The molecule has 1 N–H and O–H groups in total. The summed E-state index contributed by atoms with van der Waals surface area (Å²) in [6.07, 6.45) is 5.39. The molecule has 4 rings (SSSR count). The molecule has 3 aliphatic rings. The highest BCUT2D eigenvalue weighted by Gasteiger charge is 2.52. The molecule has 0 saturated heterocycles. The Balaban J connectivity index is 2.00. The summed E-state index contributed by atoms with van der Waals surface area (Å²) in [7, 11) is 3.87. The highest BCUT2D eigenvalue weighted by atomic mass is 16.5. The van der Waals surface area contributed by atoms with E-state index in [9.17, 15) is 5.11 Å². The second-order valence-electron chi connectivity index (χ2n) is 6.88. The zero-order valence-electron chi connectivity index (χ0n) is 13.4. The number of benzene rings is 1. The van der Waals surface area contributed by atoms with E-state index >= 15 is 0 Å². The number of aryl methyl sites for hydroxylation is 1. The zero-order valence-corrected chi connectivity index (χ0v) is 13.4. The molecule has 0 unspecified atom stereocenters. The number of aliphatic hydroxyl groups is 1. The van der Waals surface area contributed by atoms with Crippen LogP contribution in [0.25, 0.3) is 0 Å². The van der Waals surface area contributed by atoms with E-state index < -0.39 is 6.10 Å². The number of hydrogen-bond acceptors (Lipinski definition) is 4. The van der Waals surface area contributed by atoms with Crippen molar-refractivity contribution < 1.29 is 14.6 Å². The van der Waals surface area contributed by atoms with E-state index in [0.717, 1.165) is 31.0 Å². The average molecular weight is 301 g/mol. The Morgan fingerprint density at radius 2 is 2.27 bits per heavy atom. The van der Waals surface area contributed by atoms with Crippen LogP contribution >= 0.6 is 0 Å². The Labute approximate surface area is 131 Å². The molecule has 4 heteroatoms. The number of rotatable bonds is 1. The number of hydrogen-bond donors (Lipinski definition) is 1. The summed E-state index contributed by atoms with van der Waals surface area (Å²) in [5.74, 6) is 1.71. The third-order valence-corrected chi connectivity index (χ3v) is 5.50. The van der Waals surface area contributed by atoms with Crippen LogP contribution in [-0.4, -0.2) is 42.9 Å². The Bertz CT molecular complexity index is 654. The number of ether oxygens (including phenoxy) is 2. The molecule has 22 heavy (non-hydrogen) atoms. The van der Waals surface area contributed by atoms with Crippen LogP contribution in [0.15, 0.2) is 18.2 Å². The fraction of sp³-hybridized carbons (Fsp3) is 0.556.